The van der Waals surface area contributed by atoms with Gasteiger partial charge in [-0.1, -0.05) is 18.2 Å². The Kier molecular flexibility index (Phi) is 4.25. The SMILES string of the molecule is CCOc1ccccc1CN(Cc1nc[nH]c1C)C1CC1. The quantitative estimate of drug-likeness (QED) is 0.848. The van der Waals surface area contributed by atoms with Crippen LogP contribution in [-0.2, 0) is 13.1 Å². The number of aromatic nitrogens is 2. The molecule has 21 heavy (non-hydrogen) atoms. The fraction of sp³-hybridized carbons (Fsp3) is 0.471. The molecule has 0 aliphatic heterocycles. The first-order valence-electron chi connectivity index (χ1n) is 7.71. The Labute approximate surface area is 126 Å². The van der Waals surface area contributed by atoms with Crippen molar-refractivity contribution in [3.05, 3.63) is 47.5 Å². The van der Waals surface area contributed by atoms with E-state index in [2.05, 4.69) is 40.0 Å². The van der Waals surface area contributed by atoms with Crippen molar-refractivity contribution in [3.8, 4) is 5.75 Å². The summed E-state index contributed by atoms with van der Waals surface area (Å²) in [6.07, 6.45) is 4.37. The Bertz CT molecular complexity index is 589. The van der Waals surface area contributed by atoms with Gasteiger partial charge in [-0.05, 0) is 32.8 Å². The Morgan fingerprint density at radius 3 is 2.76 bits per heavy atom. The van der Waals surface area contributed by atoms with Gasteiger partial charge in [-0.25, -0.2) is 4.98 Å². The maximum absolute atomic E-state index is 5.75. The van der Waals surface area contributed by atoms with E-state index in [1.165, 1.54) is 24.1 Å². The van der Waals surface area contributed by atoms with Crippen LogP contribution < -0.4 is 4.74 Å². The minimum Gasteiger partial charge on any atom is -0.494 e. The summed E-state index contributed by atoms with van der Waals surface area (Å²) in [4.78, 5) is 10.1. The molecular weight excluding hydrogens is 262 g/mol. The van der Waals surface area contributed by atoms with Crippen LogP contribution in [-0.4, -0.2) is 27.5 Å². The van der Waals surface area contributed by atoms with Crippen molar-refractivity contribution < 1.29 is 4.74 Å². The molecule has 0 atom stereocenters. The first-order valence-corrected chi connectivity index (χ1v) is 7.71. The van der Waals surface area contributed by atoms with Gasteiger partial charge in [0.2, 0.25) is 0 Å². The van der Waals surface area contributed by atoms with E-state index in [9.17, 15) is 0 Å². The van der Waals surface area contributed by atoms with Crippen LogP contribution in [0.25, 0.3) is 0 Å². The van der Waals surface area contributed by atoms with Crippen molar-refractivity contribution in [1.82, 2.24) is 14.9 Å². The van der Waals surface area contributed by atoms with Crippen LogP contribution in [0, 0.1) is 6.92 Å². The number of benzene rings is 1. The number of hydrogen-bond acceptors (Lipinski definition) is 3. The molecule has 1 aromatic heterocycles. The van der Waals surface area contributed by atoms with Crippen molar-refractivity contribution in [2.24, 2.45) is 0 Å². The maximum Gasteiger partial charge on any atom is 0.123 e. The fourth-order valence-electron chi connectivity index (χ4n) is 2.64. The lowest BCUT2D eigenvalue weighted by Gasteiger charge is -2.22. The van der Waals surface area contributed by atoms with E-state index in [0.29, 0.717) is 12.6 Å². The predicted octanol–water partition coefficient (Wildman–Crippen LogP) is 3.28. The standard InChI is InChI=1S/C17H23N3O/c1-3-21-17-7-5-4-6-14(17)10-20(15-8-9-15)11-16-13(2)18-12-19-16/h4-7,12,15H,3,8-11H2,1-2H3,(H,18,19). The van der Waals surface area contributed by atoms with Gasteiger partial charge >= 0.3 is 0 Å². The van der Waals surface area contributed by atoms with Gasteiger partial charge in [-0.2, -0.15) is 0 Å². The number of nitrogens with one attached hydrogen (secondary N) is 1. The molecule has 1 N–H and O–H groups in total. The first-order chi connectivity index (χ1) is 10.3. The Hall–Kier alpha value is -1.81. The van der Waals surface area contributed by atoms with E-state index in [4.69, 9.17) is 4.74 Å². The van der Waals surface area contributed by atoms with E-state index < -0.39 is 0 Å². The molecule has 1 heterocycles. The Balaban J connectivity index is 1.75. The molecule has 1 aromatic carbocycles. The average Bonchev–Trinajstić information content (AvgIpc) is 3.25. The smallest absolute Gasteiger partial charge is 0.123 e. The van der Waals surface area contributed by atoms with Crippen LogP contribution >= 0.6 is 0 Å². The fourth-order valence-corrected chi connectivity index (χ4v) is 2.64. The molecule has 112 valence electrons. The summed E-state index contributed by atoms with van der Waals surface area (Å²) in [5, 5.41) is 0. The van der Waals surface area contributed by atoms with Crippen molar-refractivity contribution in [2.75, 3.05) is 6.61 Å². The molecule has 1 aliphatic carbocycles. The third-order valence-corrected chi connectivity index (χ3v) is 4.00. The summed E-state index contributed by atoms with van der Waals surface area (Å²) in [7, 11) is 0. The maximum atomic E-state index is 5.75. The van der Waals surface area contributed by atoms with Gasteiger partial charge in [0.15, 0.2) is 0 Å². The molecule has 0 unspecified atom stereocenters. The summed E-state index contributed by atoms with van der Waals surface area (Å²) in [6, 6.07) is 9.04. The van der Waals surface area contributed by atoms with Gasteiger partial charge in [0, 0.05) is 30.4 Å². The predicted molar refractivity (Wildman–Crippen MR) is 83.2 cm³/mol. The average molecular weight is 285 g/mol. The lowest BCUT2D eigenvalue weighted by Crippen LogP contribution is -2.26. The normalized spacial score (nSPS) is 14.6. The Morgan fingerprint density at radius 1 is 1.29 bits per heavy atom. The second kappa shape index (κ2) is 6.31. The molecule has 0 radical (unpaired) electrons. The topological polar surface area (TPSA) is 41.1 Å². The summed E-state index contributed by atoms with van der Waals surface area (Å²) in [5.41, 5.74) is 3.58. The summed E-state index contributed by atoms with van der Waals surface area (Å²) >= 11 is 0. The second-order valence-electron chi connectivity index (χ2n) is 5.65. The van der Waals surface area contributed by atoms with Gasteiger partial charge in [-0.15, -0.1) is 0 Å². The minimum atomic E-state index is 0.691. The number of aromatic amines is 1. The van der Waals surface area contributed by atoms with Gasteiger partial charge in [-0.3, -0.25) is 4.90 Å². The van der Waals surface area contributed by atoms with Crippen LogP contribution in [0.5, 0.6) is 5.75 Å². The molecule has 4 nitrogen and oxygen atoms in total. The highest BCUT2D eigenvalue weighted by atomic mass is 16.5. The molecule has 0 spiro atoms. The zero-order valence-electron chi connectivity index (χ0n) is 12.8. The molecule has 1 saturated carbocycles. The summed E-state index contributed by atoms with van der Waals surface area (Å²) in [6.45, 7) is 6.65. The molecular formula is C17H23N3O. The lowest BCUT2D eigenvalue weighted by atomic mass is 10.1. The van der Waals surface area contributed by atoms with Crippen molar-refractivity contribution >= 4 is 0 Å². The molecule has 2 aromatic rings. The molecule has 0 saturated heterocycles. The number of H-pyrrole nitrogens is 1. The van der Waals surface area contributed by atoms with Crippen molar-refractivity contribution in [3.63, 3.8) is 0 Å². The third-order valence-electron chi connectivity index (χ3n) is 4.00. The number of nitrogens with zero attached hydrogens (tertiary/aromatic N) is 2. The number of ether oxygens (including phenoxy) is 1. The van der Waals surface area contributed by atoms with Gasteiger partial charge in [0.05, 0.1) is 18.6 Å². The van der Waals surface area contributed by atoms with Crippen LogP contribution in [0.4, 0.5) is 0 Å². The number of imidazole rings is 1. The number of aryl methyl sites for hydroxylation is 1. The summed E-state index contributed by atoms with van der Waals surface area (Å²) in [5.74, 6) is 1.00. The number of para-hydroxylation sites is 1. The van der Waals surface area contributed by atoms with Gasteiger partial charge in [0.25, 0.3) is 0 Å². The zero-order chi connectivity index (χ0) is 14.7. The Morgan fingerprint density at radius 2 is 2.10 bits per heavy atom. The van der Waals surface area contributed by atoms with E-state index in [-0.39, 0.29) is 0 Å². The highest BCUT2D eigenvalue weighted by Crippen LogP contribution is 2.31. The van der Waals surface area contributed by atoms with E-state index in [1.54, 1.807) is 6.33 Å². The van der Waals surface area contributed by atoms with E-state index in [0.717, 1.165) is 24.5 Å². The van der Waals surface area contributed by atoms with Crippen LogP contribution in [0.3, 0.4) is 0 Å². The highest BCUT2D eigenvalue weighted by Gasteiger charge is 2.30. The third kappa shape index (κ3) is 3.45. The monoisotopic (exact) mass is 285 g/mol. The summed E-state index contributed by atoms with van der Waals surface area (Å²) < 4.78 is 5.75. The second-order valence-corrected chi connectivity index (χ2v) is 5.65. The zero-order valence-corrected chi connectivity index (χ0v) is 12.8. The largest absolute Gasteiger partial charge is 0.494 e. The first kappa shape index (κ1) is 14.1. The molecule has 3 rings (SSSR count). The number of rotatable bonds is 7. The minimum absolute atomic E-state index is 0.691. The van der Waals surface area contributed by atoms with Crippen LogP contribution in [0.1, 0.15) is 36.7 Å². The van der Waals surface area contributed by atoms with Gasteiger partial charge < -0.3 is 9.72 Å². The molecule has 0 bridgehead atoms. The molecule has 1 aliphatic rings. The van der Waals surface area contributed by atoms with Crippen molar-refractivity contribution in [2.45, 2.75) is 45.8 Å². The molecule has 0 amide bonds. The number of hydrogen-bond donors (Lipinski definition) is 1. The van der Waals surface area contributed by atoms with E-state index in [1.807, 2.05) is 13.0 Å². The van der Waals surface area contributed by atoms with E-state index >= 15 is 0 Å². The molecule has 4 heteroatoms. The van der Waals surface area contributed by atoms with Crippen LogP contribution in [0.2, 0.25) is 0 Å². The van der Waals surface area contributed by atoms with Crippen molar-refractivity contribution in [1.29, 1.82) is 0 Å². The van der Waals surface area contributed by atoms with Gasteiger partial charge in [0.1, 0.15) is 5.75 Å². The lowest BCUT2D eigenvalue weighted by molar-refractivity contribution is 0.236. The highest BCUT2D eigenvalue weighted by molar-refractivity contribution is 5.33. The molecule has 1 fully saturated rings. The van der Waals surface area contributed by atoms with Crippen LogP contribution in [0.15, 0.2) is 30.6 Å².